The smallest absolute Gasteiger partial charge is 0.416 e. The number of amides is 2. The van der Waals surface area contributed by atoms with Gasteiger partial charge >= 0.3 is 12.4 Å². The predicted octanol–water partition coefficient (Wildman–Crippen LogP) is 11.3. The number of anilines is 2. The number of ketones is 4. The maximum absolute atomic E-state index is 14.9. The van der Waals surface area contributed by atoms with Crippen LogP contribution in [-0.2, 0) is 53.8 Å². The van der Waals surface area contributed by atoms with Crippen LogP contribution in [0.15, 0.2) is 109 Å². The van der Waals surface area contributed by atoms with Crippen LogP contribution < -0.4 is 10.6 Å². The van der Waals surface area contributed by atoms with Crippen molar-refractivity contribution in [3.63, 3.8) is 0 Å². The van der Waals surface area contributed by atoms with E-state index in [2.05, 4.69) is 10.6 Å². The molecule has 4 aromatic carbocycles. The van der Waals surface area contributed by atoms with Gasteiger partial charge in [0.1, 0.15) is 23.2 Å². The molecule has 2 aliphatic rings. The number of carbonyl (C=O) groups is 6. The SMILES string of the molecule is CCOC1=CC(=O)CC=C1c1ccc(CC(=O)Nc2cc(C(=O)CCCN(C)C)cc(C(F)(F)F)c2)c(F)c1.CCOC1=CC(=O)CC=C1c1ccc(CC(=O)Nc2cc(C(=O)CCN(C)C)cc(C(F)(F)F)c2)c(F)c1. The summed E-state index contributed by atoms with van der Waals surface area (Å²) in [5.41, 5.74) is -0.818. The number of ether oxygens (including phenoxy) is 2. The van der Waals surface area contributed by atoms with E-state index in [0.29, 0.717) is 66.5 Å². The zero-order chi connectivity index (χ0) is 56.8. The van der Waals surface area contributed by atoms with Crippen molar-refractivity contribution < 1.29 is 73.4 Å². The van der Waals surface area contributed by atoms with Gasteiger partial charge in [0.15, 0.2) is 23.1 Å². The second-order valence-electron chi connectivity index (χ2n) is 18.4. The molecule has 0 heterocycles. The number of allylic oxidation sites excluding steroid dienone is 6. The van der Waals surface area contributed by atoms with Gasteiger partial charge < -0.3 is 29.9 Å². The normalized spacial score (nSPS) is 13.7. The maximum Gasteiger partial charge on any atom is 0.416 e. The number of Topliss-reactive ketones (excluding diaryl/α,β-unsaturated/α-hetero) is 2. The molecule has 0 saturated carbocycles. The summed E-state index contributed by atoms with van der Waals surface area (Å²) in [5.74, 6) is -3.48. The van der Waals surface area contributed by atoms with Gasteiger partial charge in [0, 0.05) is 78.0 Å². The van der Waals surface area contributed by atoms with E-state index in [9.17, 15) is 63.9 Å². The van der Waals surface area contributed by atoms with Crippen LogP contribution in [0, 0.1) is 11.6 Å². The van der Waals surface area contributed by atoms with Gasteiger partial charge in [-0.15, -0.1) is 0 Å². The minimum atomic E-state index is -4.73. The van der Waals surface area contributed by atoms with Crippen LogP contribution in [0.25, 0.3) is 11.1 Å². The first-order valence-corrected chi connectivity index (χ1v) is 24.4. The van der Waals surface area contributed by atoms with Gasteiger partial charge in [-0.05, 0) is 126 Å². The van der Waals surface area contributed by atoms with E-state index in [1.807, 2.05) is 19.0 Å². The van der Waals surface area contributed by atoms with Crippen molar-refractivity contribution >= 4 is 57.5 Å². The lowest BCUT2D eigenvalue weighted by molar-refractivity contribution is -0.138. The molecule has 2 N–H and O–H groups in total. The van der Waals surface area contributed by atoms with Crippen LogP contribution in [-0.4, -0.2) is 99.2 Å². The number of nitrogens with zero attached hydrogens (tertiary/aromatic N) is 2. The largest absolute Gasteiger partial charge is 0.493 e. The lowest BCUT2D eigenvalue weighted by Gasteiger charge is -2.17. The quantitative estimate of drug-likeness (QED) is 0.0609. The molecular weight excluding hydrogens is 1020 g/mol. The molecule has 2 aliphatic carbocycles. The molecule has 12 nitrogen and oxygen atoms in total. The van der Waals surface area contributed by atoms with Gasteiger partial charge in [-0.1, -0.05) is 36.4 Å². The van der Waals surface area contributed by atoms with Gasteiger partial charge in [-0.25, -0.2) is 8.78 Å². The second kappa shape index (κ2) is 27.0. The number of nitrogens with one attached hydrogen (secondary N) is 2. The summed E-state index contributed by atoms with van der Waals surface area (Å²) in [5, 5.41) is 4.71. The fourth-order valence-corrected chi connectivity index (χ4v) is 7.93. The summed E-state index contributed by atoms with van der Waals surface area (Å²) in [7, 11) is 7.11. The molecule has 410 valence electrons. The standard InChI is InChI=1S/C29H30F4N2O4.C28H28F4N2O4/c1-4-39-27-17-23(36)9-10-24(27)18-7-8-19(25(30)14-18)15-28(38)34-22-13-20(12-21(16-22)29(31,32)33)26(37)6-5-11-35(2)3;1-4-38-26-16-22(35)7-8-23(26)17-5-6-18(24(29)13-17)14-27(37)33-21-12-19(25(36)9-10-34(2)3)11-20(15-21)28(30,31)32/h7-8,10,12-14,16-17H,4-6,9,11,15H2,1-3H3,(H,34,38);5-6,8,11-13,15-16H,4,7,9-10,14H2,1-3H3,(H,33,37). The Morgan fingerprint density at radius 1 is 0.558 bits per heavy atom. The first-order chi connectivity index (χ1) is 36.2. The fourth-order valence-electron chi connectivity index (χ4n) is 7.93. The highest BCUT2D eigenvalue weighted by Gasteiger charge is 2.33. The average molecular weight is 1080 g/mol. The number of rotatable bonds is 21. The van der Waals surface area contributed by atoms with Crippen LogP contribution in [0.1, 0.15) is 100 Å². The topological polar surface area (TPSA) is 151 Å². The minimum Gasteiger partial charge on any atom is -0.493 e. The van der Waals surface area contributed by atoms with Crippen LogP contribution in [0.5, 0.6) is 0 Å². The molecule has 0 fully saturated rings. The summed E-state index contributed by atoms with van der Waals surface area (Å²) >= 11 is 0. The molecule has 2 amide bonds. The average Bonchev–Trinajstić information content (AvgIpc) is 3.34. The van der Waals surface area contributed by atoms with Crippen molar-refractivity contribution in [2.75, 3.05) is 65.1 Å². The van der Waals surface area contributed by atoms with Crippen LogP contribution in [0.3, 0.4) is 0 Å². The number of carbonyl (C=O) groups excluding carboxylic acids is 6. The molecule has 0 radical (unpaired) electrons. The number of benzene rings is 4. The molecular formula is C57H58F8N4O8. The zero-order valence-electron chi connectivity index (χ0n) is 43.2. The van der Waals surface area contributed by atoms with Gasteiger partial charge in [0.05, 0.1) is 37.2 Å². The second-order valence-corrected chi connectivity index (χ2v) is 18.4. The Labute approximate surface area is 440 Å². The first kappa shape index (κ1) is 60.3. The highest BCUT2D eigenvalue weighted by molar-refractivity contribution is 6.02. The predicted molar refractivity (Wildman–Crippen MR) is 275 cm³/mol. The summed E-state index contributed by atoms with van der Waals surface area (Å²) in [6, 6.07) is 13.8. The Kier molecular flexibility index (Phi) is 21.1. The van der Waals surface area contributed by atoms with Gasteiger partial charge in [0.25, 0.3) is 0 Å². The number of halogens is 8. The minimum absolute atomic E-state index is 0.00402. The Bertz CT molecular complexity index is 3010. The summed E-state index contributed by atoms with van der Waals surface area (Å²) in [6.45, 7) is 5.09. The number of alkyl halides is 6. The monoisotopic (exact) mass is 1080 g/mol. The Morgan fingerprint density at radius 3 is 1.32 bits per heavy atom. The third-order valence-electron chi connectivity index (χ3n) is 11.7. The molecule has 0 unspecified atom stereocenters. The highest BCUT2D eigenvalue weighted by atomic mass is 19.4. The highest BCUT2D eigenvalue weighted by Crippen LogP contribution is 2.35. The molecule has 0 aliphatic heterocycles. The maximum atomic E-state index is 14.9. The van der Waals surface area contributed by atoms with E-state index in [4.69, 9.17) is 9.47 Å². The van der Waals surface area contributed by atoms with E-state index in [1.54, 1.807) is 57.1 Å². The molecule has 77 heavy (non-hydrogen) atoms. The van der Waals surface area contributed by atoms with E-state index >= 15 is 0 Å². The van der Waals surface area contributed by atoms with Crippen LogP contribution in [0.4, 0.5) is 46.5 Å². The van der Waals surface area contributed by atoms with Crippen molar-refractivity contribution in [1.29, 1.82) is 0 Å². The molecule has 0 atom stereocenters. The lowest BCUT2D eigenvalue weighted by Crippen LogP contribution is -2.19. The summed E-state index contributed by atoms with van der Waals surface area (Å²) < 4.78 is 122. The Morgan fingerprint density at radius 2 is 0.961 bits per heavy atom. The first-order valence-electron chi connectivity index (χ1n) is 24.4. The third-order valence-corrected chi connectivity index (χ3v) is 11.7. The summed E-state index contributed by atoms with van der Waals surface area (Å²) in [4.78, 5) is 77.3. The lowest BCUT2D eigenvalue weighted by atomic mass is 9.95. The van der Waals surface area contributed by atoms with Crippen LogP contribution >= 0.6 is 0 Å². The number of hydrogen-bond donors (Lipinski definition) is 2. The van der Waals surface area contributed by atoms with Crippen molar-refractivity contribution in [2.45, 2.75) is 71.1 Å². The molecule has 0 bridgehead atoms. The van der Waals surface area contributed by atoms with E-state index in [-0.39, 0.29) is 70.9 Å². The molecule has 0 aromatic heterocycles. The van der Waals surface area contributed by atoms with Gasteiger partial charge in [0.2, 0.25) is 11.8 Å². The Hall–Kier alpha value is -7.58. The van der Waals surface area contributed by atoms with Crippen LogP contribution in [0.2, 0.25) is 0 Å². The fraction of sp³-hybridized carbons (Fsp3) is 0.333. The van der Waals surface area contributed by atoms with E-state index in [0.717, 1.165) is 24.3 Å². The molecule has 0 spiro atoms. The van der Waals surface area contributed by atoms with E-state index in [1.165, 1.54) is 48.6 Å². The van der Waals surface area contributed by atoms with Gasteiger partial charge in [-0.3, -0.25) is 28.8 Å². The van der Waals surface area contributed by atoms with E-state index < -0.39 is 71.3 Å². The Balaban J connectivity index is 0.000000284. The molecule has 6 rings (SSSR count). The van der Waals surface area contributed by atoms with Crippen molar-refractivity contribution in [2.24, 2.45) is 0 Å². The van der Waals surface area contributed by atoms with Gasteiger partial charge in [-0.2, -0.15) is 26.3 Å². The van der Waals surface area contributed by atoms with Crippen molar-refractivity contribution in [3.8, 4) is 0 Å². The summed E-state index contributed by atoms with van der Waals surface area (Å²) in [6.07, 6.45) is -3.54. The molecule has 4 aromatic rings. The third kappa shape index (κ3) is 18.0. The molecule has 20 heteroatoms. The van der Waals surface area contributed by atoms with Crippen molar-refractivity contribution in [1.82, 2.24) is 9.80 Å². The molecule has 0 saturated heterocycles. The van der Waals surface area contributed by atoms with Crippen molar-refractivity contribution in [3.05, 3.63) is 165 Å². The zero-order valence-corrected chi connectivity index (χ0v) is 43.2. The number of hydrogen-bond acceptors (Lipinski definition) is 10.